The van der Waals surface area contributed by atoms with E-state index < -0.39 is 0 Å². The smallest absolute Gasteiger partial charge is 0.267 e. The fourth-order valence-electron chi connectivity index (χ4n) is 1.56. The number of nitrogen functional groups attached to an aromatic ring is 1. The van der Waals surface area contributed by atoms with E-state index in [1.54, 1.807) is 4.90 Å². The maximum Gasteiger partial charge on any atom is 0.267 e. The number of hydrogen-bond donors (Lipinski definition) is 1. The van der Waals surface area contributed by atoms with Crippen molar-refractivity contribution in [3.63, 3.8) is 0 Å². The van der Waals surface area contributed by atoms with Crippen molar-refractivity contribution in [1.82, 2.24) is 9.88 Å². The zero-order valence-corrected chi connectivity index (χ0v) is 13.4. The van der Waals surface area contributed by atoms with Crippen molar-refractivity contribution in [3.8, 4) is 0 Å². The minimum Gasteiger partial charge on any atom is -0.382 e. The molecule has 1 aromatic rings. The van der Waals surface area contributed by atoms with Crippen molar-refractivity contribution < 1.29 is 4.79 Å². The summed E-state index contributed by atoms with van der Waals surface area (Å²) in [5, 5.41) is 0.786. The van der Waals surface area contributed by atoms with Gasteiger partial charge in [0.1, 0.15) is 10.7 Å². The lowest BCUT2D eigenvalue weighted by Gasteiger charge is -2.27. The molecule has 1 aromatic heterocycles. The fraction of sp³-hybridized carbons (Fsp3) is 0.692. The van der Waals surface area contributed by atoms with E-state index in [1.807, 2.05) is 32.8 Å². The van der Waals surface area contributed by atoms with Gasteiger partial charge in [0.2, 0.25) is 0 Å². The van der Waals surface area contributed by atoms with Gasteiger partial charge in [0.05, 0.1) is 0 Å². The third kappa shape index (κ3) is 3.37. The standard InChI is InChI=1S/C13H24N4OS/c1-7-16(5)13-15-11(14)10(19-13)12(18)17(6)9(4)8(2)3/h8-9H,7,14H2,1-6H3. The molecule has 0 radical (unpaired) electrons. The third-order valence-corrected chi connectivity index (χ3v) is 4.71. The summed E-state index contributed by atoms with van der Waals surface area (Å²) in [7, 11) is 3.75. The van der Waals surface area contributed by atoms with Crippen LogP contribution in [0.25, 0.3) is 0 Å². The van der Waals surface area contributed by atoms with Crippen LogP contribution in [0.15, 0.2) is 0 Å². The second kappa shape index (κ2) is 6.23. The molecule has 5 nitrogen and oxygen atoms in total. The largest absolute Gasteiger partial charge is 0.382 e. The van der Waals surface area contributed by atoms with Crippen molar-refractivity contribution in [1.29, 1.82) is 0 Å². The van der Waals surface area contributed by atoms with Gasteiger partial charge in [-0.15, -0.1) is 0 Å². The topological polar surface area (TPSA) is 62.5 Å². The lowest BCUT2D eigenvalue weighted by molar-refractivity contribution is 0.0713. The van der Waals surface area contributed by atoms with Crippen LogP contribution in [0.5, 0.6) is 0 Å². The molecule has 2 N–H and O–H groups in total. The zero-order valence-electron chi connectivity index (χ0n) is 12.6. The van der Waals surface area contributed by atoms with Crippen LogP contribution in [0.4, 0.5) is 10.9 Å². The van der Waals surface area contributed by atoms with Crippen LogP contribution < -0.4 is 10.6 Å². The van der Waals surface area contributed by atoms with Gasteiger partial charge in [-0.2, -0.15) is 0 Å². The third-order valence-electron chi connectivity index (χ3n) is 3.53. The molecule has 1 amide bonds. The van der Waals surface area contributed by atoms with Gasteiger partial charge in [-0.05, 0) is 19.8 Å². The van der Waals surface area contributed by atoms with Gasteiger partial charge in [0.15, 0.2) is 5.13 Å². The summed E-state index contributed by atoms with van der Waals surface area (Å²) in [5.74, 6) is 0.681. The highest BCUT2D eigenvalue weighted by Gasteiger charge is 2.25. The molecule has 1 unspecified atom stereocenters. The van der Waals surface area contributed by atoms with Gasteiger partial charge >= 0.3 is 0 Å². The van der Waals surface area contributed by atoms with Crippen LogP contribution in [0.1, 0.15) is 37.4 Å². The fourth-order valence-corrected chi connectivity index (χ4v) is 2.56. The molecule has 0 spiro atoms. The average molecular weight is 284 g/mol. The Labute approximate surface area is 119 Å². The number of hydrogen-bond acceptors (Lipinski definition) is 5. The minimum atomic E-state index is -0.0491. The maximum atomic E-state index is 12.4. The van der Waals surface area contributed by atoms with E-state index in [1.165, 1.54) is 11.3 Å². The highest BCUT2D eigenvalue weighted by Crippen LogP contribution is 2.29. The van der Waals surface area contributed by atoms with E-state index in [0.717, 1.165) is 11.7 Å². The number of amides is 1. The highest BCUT2D eigenvalue weighted by atomic mass is 32.1. The monoisotopic (exact) mass is 284 g/mol. The number of nitrogens with zero attached hydrogens (tertiary/aromatic N) is 3. The first kappa shape index (κ1) is 15.8. The van der Waals surface area contributed by atoms with Crippen molar-refractivity contribution in [3.05, 3.63) is 4.88 Å². The van der Waals surface area contributed by atoms with Crippen molar-refractivity contribution in [2.75, 3.05) is 31.3 Å². The first-order chi connectivity index (χ1) is 8.79. The van der Waals surface area contributed by atoms with Crippen LogP contribution in [0.3, 0.4) is 0 Å². The van der Waals surface area contributed by atoms with Crippen molar-refractivity contribution in [2.24, 2.45) is 5.92 Å². The molecule has 0 aliphatic heterocycles. The van der Waals surface area contributed by atoms with Crippen LogP contribution >= 0.6 is 11.3 Å². The molecule has 0 bridgehead atoms. The highest BCUT2D eigenvalue weighted by molar-refractivity contribution is 7.18. The number of nitrogens with two attached hydrogens (primary N) is 1. The lowest BCUT2D eigenvalue weighted by Crippen LogP contribution is -2.38. The first-order valence-corrected chi connectivity index (χ1v) is 7.35. The normalized spacial score (nSPS) is 12.6. The zero-order chi connectivity index (χ0) is 14.7. The quantitative estimate of drug-likeness (QED) is 0.901. The van der Waals surface area contributed by atoms with E-state index in [4.69, 9.17) is 5.73 Å². The lowest BCUT2D eigenvalue weighted by atomic mass is 10.1. The summed E-state index contributed by atoms with van der Waals surface area (Å²) >= 11 is 1.36. The van der Waals surface area contributed by atoms with Gasteiger partial charge in [0.25, 0.3) is 5.91 Å². The van der Waals surface area contributed by atoms with Crippen molar-refractivity contribution >= 4 is 28.2 Å². The predicted octanol–water partition coefficient (Wildman–Crippen LogP) is 2.30. The van der Waals surface area contributed by atoms with Crippen LogP contribution in [0, 0.1) is 5.92 Å². The summed E-state index contributed by atoms with van der Waals surface area (Å²) < 4.78 is 0. The second-order valence-corrected chi connectivity index (χ2v) is 6.10. The first-order valence-electron chi connectivity index (χ1n) is 6.54. The minimum absolute atomic E-state index is 0.0491. The maximum absolute atomic E-state index is 12.4. The molecule has 1 rings (SSSR count). The molecule has 0 saturated carbocycles. The Balaban J connectivity index is 2.97. The summed E-state index contributed by atoms with van der Waals surface area (Å²) in [6, 6.07) is 0.168. The Morgan fingerprint density at radius 1 is 1.37 bits per heavy atom. The van der Waals surface area contributed by atoms with Crippen LogP contribution in [0.2, 0.25) is 0 Å². The van der Waals surface area contributed by atoms with E-state index in [-0.39, 0.29) is 11.9 Å². The molecule has 0 aliphatic carbocycles. The van der Waals surface area contributed by atoms with E-state index in [2.05, 4.69) is 18.8 Å². The molecule has 1 heterocycles. The Morgan fingerprint density at radius 3 is 2.42 bits per heavy atom. The summed E-state index contributed by atoms with van der Waals surface area (Å²) in [6.07, 6.45) is 0. The molecule has 0 fully saturated rings. The van der Waals surface area contributed by atoms with Gasteiger partial charge in [0, 0.05) is 26.7 Å². The molecule has 19 heavy (non-hydrogen) atoms. The van der Waals surface area contributed by atoms with Crippen LogP contribution in [-0.4, -0.2) is 42.5 Å². The van der Waals surface area contributed by atoms with Crippen LogP contribution in [-0.2, 0) is 0 Å². The molecule has 6 heteroatoms. The van der Waals surface area contributed by atoms with Gasteiger partial charge in [-0.1, -0.05) is 25.2 Å². The molecule has 0 aliphatic rings. The molecular weight excluding hydrogens is 260 g/mol. The number of carbonyl (C=O) groups is 1. The van der Waals surface area contributed by atoms with Crippen molar-refractivity contribution in [2.45, 2.75) is 33.7 Å². The summed E-state index contributed by atoms with van der Waals surface area (Å²) in [4.78, 5) is 20.9. The number of thiazole rings is 1. The Bertz CT molecular complexity index is 444. The van der Waals surface area contributed by atoms with E-state index in [0.29, 0.717) is 16.6 Å². The predicted molar refractivity (Wildman–Crippen MR) is 81.9 cm³/mol. The molecule has 108 valence electrons. The van der Waals surface area contributed by atoms with Gasteiger partial charge < -0.3 is 15.5 Å². The Kier molecular flexibility index (Phi) is 5.17. The summed E-state index contributed by atoms with van der Waals surface area (Å²) in [5.41, 5.74) is 5.87. The van der Waals surface area contributed by atoms with E-state index in [9.17, 15) is 4.79 Å². The number of rotatable bonds is 5. The van der Waals surface area contributed by atoms with E-state index >= 15 is 0 Å². The second-order valence-electron chi connectivity index (χ2n) is 5.13. The van der Waals surface area contributed by atoms with Gasteiger partial charge in [-0.25, -0.2) is 4.98 Å². The SMILES string of the molecule is CCN(C)c1nc(N)c(C(=O)N(C)C(C)C(C)C)s1. The van der Waals surface area contributed by atoms with Gasteiger partial charge in [-0.3, -0.25) is 4.79 Å². The number of carbonyl (C=O) groups excluding carboxylic acids is 1. The Morgan fingerprint density at radius 2 is 1.95 bits per heavy atom. The molecular formula is C13H24N4OS. The Hall–Kier alpha value is -1.30. The molecule has 1 atom stereocenters. The average Bonchev–Trinajstić information content (AvgIpc) is 2.77. The summed E-state index contributed by atoms with van der Waals surface area (Å²) in [6.45, 7) is 9.10. The number of aromatic nitrogens is 1. The number of anilines is 2. The molecule has 0 aromatic carbocycles. The molecule has 0 saturated heterocycles.